The van der Waals surface area contributed by atoms with Gasteiger partial charge in [-0.15, -0.1) is 0 Å². The molecule has 0 aliphatic carbocycles. The molecule has 0 aromatic rings. The van der Waals surface area contributed by atoms with Crippen LogP contribution in [0.4, 0.5) is 0 Å². The Kier molecular flexibility index (Phi) is 6.93. The molecule has 0 bridgehead atoms. The Bertz CT molecular complexity index is 70.9. The van der Waals surface area contributed by atoms with Gasteiger partial charge in [0, 0.05) is 0 Å². The molecule has 8 heavy (non-hydrogen) atoms. The van der Waals surface area contributed by atoms with E-state index in [-0.39, 0.29) is 0 Å². The molecule has 0 aliphatic rings. The van der Waals surface area contributed by atoms with Gasteiger partial charge in [0.25, 0.3) is 0 Å². The zero-order valence-electron chi connectivity index (χ0n) is 5.74. The Morgan fingerprint density at radius 3 is 2.38 bits per heavy atom. The first-order chi connectivity index (χ1) is 3.81. The molecule has 0 N–H and O–H groups in total. The van der Waals surface area contributed by atoms with E-state index in [1.807, 2.05) is 0 Å². The molecule has 0 aromatic carbocycles. The van der Waals surface area contributed by atoms with E-state index in [0.29, 0.717) is 0 Å². The zero-order chi connectivity index (χ0) is 6.41. The van der Waals surface area contributed by atoms with Gasteiger partial charge < -0.3 is 0 Å². The molecule has 0 fully saturated rings. The van der Waals surface area contributed by atoms with Crippen LogP contribution in [0, 0.1) is 0 Å². The molecule has 0 amide bonds. The van der Waals surface area contributed by atoms with Gasteiger partial charge in [0.1, 0.15) is 0 Å². The van der Waals surface area contributed by atoms with Crippen LogP contribution in [0.2, 0.25) is 8.87 Å². The summed E-state index contributed by atoms with van der Waals surface area (Å²) < 4.78 is 2.79. The Labute approximate surface area is 62.6 Å². The second kappa shape index (κ2) is 6.14. The van der Waals surface area contributed by atoms with E-state index in [0.717, 1.165) is 0 Å². The summed E-state index contributed by atoms with van der Waals surface area (Å²) in [6, 6.07) is 0. The minimum atomic E-state index is -1.10. The Morgan fingerprint density at radius 2 is 2.00 bits per heavy atom. The fourth-order valence-electron chi connectivity index (χ4n) is 0.551. The summed E-state index contributed by atoms with van der Waals surface area (Å²) in [5.74, 6) is 0. The van der Waals surface area contributed by atoms with Crippen LogP contribution >= 0.6 is 9.29 Å². The van der Waals surface area contributed by atoms with Crippen molar-refractivity contribution < 1.29 is 0 Å². The van der Waals surface area contributed by atoms with Crippen LogP contribution in [0.15, 0.2) is 0 Å². The average molecular weight is 237 g/mol. The van der Waals surface area contributed by atoms with E-state index < -0.39 is 17.8 Å². The van der Waals surface area contributed by atoms with Crippen molar-refractivity contribution in [2.75, 3.05) is 0 Å². The first-order valence-electron chi connectivity index (χ1n) is 3.33. The van der Waals surface area contributed by atoms with Crippen molar-refractivity contribution in [2.24, 2.45) is 0 Å². The van der Waals surface area contributed by atoms with E-state index in [2.05, 4.69) is 13.8 Å². The quantitative estimate of drug-likeness (QED) is 0.677. The fourth-order valence-corrected chi connectivity index (χ4v) is 4.66. The SMILES string of the molecule is CCC[CH2][Sn](=[S])[CH2]C. The van der Waals surface area contributed by atoms with E-state index in [1.54, 1.807) is 0 Å². The van der Waals surface area contributed by atoms with Gasteiger partial charge in [0.15, 0.2) is 0 Å². The summed E-state index contributed by atoms with van der Waals surface area (Å²) in [5, 5.41) is 0. The first-order valence-corrected chi connectivity index (χ1v) is 11.3. The third kappa shape index (κ3) is 5.16. The number of hydrogen-bond acceptors (Lipinski definition) is 1. The van der Waals surface area contributed by atoms with Crippen LogP contribution in [-0.4, -0.2) is 17.8 Å². The van der Waals surface area contributed by atoms with Crippen molar-refractivity contribution in [3.8, 4) is 0 Å². The molecule has 2 heteroatoms. The van der Waals surface area contributed by atoms with E-state index in [1.165, 1.54) is 21.7 Å². The molecule has 0 heterocycles. The minimum absolute atomic E-state index is 1.10. The second-order valence-corrected chi connectivity index (χ2v) is 12.4. The summed E-state index contributed by atoms with van der Waals surface area (Å²) in [5.41, 5.74) is 0. The monoisotopic (exact) mass is 238 g/mol. The van der Waals surface area contributed by atoms with Gasteiger partial charge in [-0.3, -0.25) is 0 Å². The topological polar surface area (TPSA) is 0 Å². The van der Waals surface area contributed by atoms with Gasteiger partial charge in [-0.25, -0.2) is 0 Å². The summed E-state index contributed by atoms with van der Waals surface area (Å²) in [6.07, 6.45) is 2.73. The molecular formula is C6H14SSn. The molecule has 0 spiro atoms. The molecule has 0 radical (unpaired) electrons. The summed E-state index contributed by atoms with van der Waals surface area (Å²) >= 11 is -1.10. The fraction of sp³-hybridized carbons (Fsp3) is 1.00. The van der Waals surface area contributed by atoms with Gasteiger partial charge in [0.2, 0.25) is 0 Å². The van der Waals surface area contributed by atoms with Crippen LogP contribution < -0.4 is 0 Å². The predicted molar refractivity (Wildman–Crippen MR) is 43.5 cm³/mol. The third-order valence-electron chi connectivity index (χ3n) is 1.20. The van der Waals surface area contributed by atoms with Crippen LogP contribution in [0.3, 0.4) is 0 Å². The molecule has 0 aliphatic heterocycles. The molecule has 0 atom stereocenters. The van der Waals surface area contributed by atoms with Crippen molar-refractivity contribution in [3.63, 3.8) is 0 Å². The van der Waals surface area contributed by atoms with Crippen LogP contribution in [0.25, 0.3) is 0 Å². The molecule has 0 aromatic heterocycles. The van der Waals surface area contributed by atoms with E-state index in [4.69, 9.17) is 9.29 Å². The Balaban J connectivity index is 2.99. The van der Waals surface area contributed by atoms with Crippen LogP contribution in [0.5, 0.6) is 0 Å². The third-order valence-corrected chi connectivity index (χ3v) is 9.36. The number of unbranched alkanes of at least 4 members (excludes halogenated alkanes) is 1. The zero-order valence-corrected chi connectivity index (χ0v) is 9.41. The Hall–Kier alpha value is 1.02. The normalized spacial score (nSPS) is 9.25. The van der Waals surface area contributed by atoms with E-state index >= 15 is 0 Å². The molecule has 0 nitrogen and oxygen atoms in total. The Morgan fingerprint density at radius 1 is 1.38 bits per heavy atom. The van der Waals surface area contributed by atoms with Crippen molar-refractivity contribution >= 4 is 27.1 Å². The maximum absolute atomic E-state index is 5.30. The molecule has 0 saturated heterocycles. The molecule has 0 unspecified atom stereocenters. The average Bonchev–Trinajstić information content (AvgIpc) is 1.83. The van der Waals surface area contributed by atoms with Crippen molar-refractivity contribution in [1.29, 1.82) is 0 Å². The standard InChI is InChI=1S/C4H9.C2H5.S.Sn/c1-3-4-2;1-2;;/h1,3-4H2,2H3;1H2,2H3;;. The van der Waals surface area contributed by atoms with E-state index in [9.17, 15) is 0 Å². The summed E-state index contributed by atoms with van der Waals surface area (Å²) in [7, 11) is 5.30. The van der Waals surface area contributed by atoms with Gasteiger partial charge in [-0.1, -0.05) is 0 Å². The van der Waals surface area contributed by atoms with Gasteiger partial charge in [0.05, 0.1) is 0 Å². The molecular weight excluding hydrogens is 223 g/mol. The molecule has 0 saturated carbocycles. The summed E-state index contributed by atoms with van der Waals surface area (Å²) in [6.45, 7) is 4.48. The van der Waals surface area contributed by atoms with Crippen molar-refractivity contribution in [3.05, 3.63) is 0 Å². The number of rotatable bonds is 4. The molecule has 48 valence electrons. The maximum atomic E-state index is 5.30. The van der Waals surface area contributed by atoms with Crippen molar-refractivity contribution in [2.45, 2.75) is 35.6 Å². The summed E-state index contributed by atoms with van der Waals surface area (Å²) in [4.78, 5) is 0. The van der Waals surface area contributed by atoms with Gasteiger partial charge in [-0.2, -0.15) is 0 Å². The number of hydrogen-bond donors (Lipinski definition) is 0. The second-order valence-electron chi connectivity index (χ2n) is 2.00. The van der Waals surface area contributed by atoms with Crippen molar-refractivity contribution in [1.82, 2.24) is 0 Å². The first kappa shape index (κ1) is 9.02. The van der Waals surface area contributed by atoms with Crippen LogP contribution in [-0.2, 0) is 0 Å². The molecule has 0 rings (SSSR count). The predicted octanol–water partition coefficient (Wildman–Crippen LogP) is 3.00. The van der Waals surface area contributed by atoms with Crippen LogP contribution in [0.1, 0.15) is 26.7 Å². The van der Waals surface area contributed by atoms with Gasteiger partial charge in [-0.05, 0) is 0 Å². The van der Waals surface area contributed by atoms with Gasteiger partial charge >= 0.3 is 62.7 Å².